The second-order valence-corrected chi connectivity index (χ2v) is 3.18. The molecule has 0 aliphatic carbocycles. The lowest BCUT2D eigenvalue weighted by Gasteiger charge is -2.06. The van der Waals surface area contributed by atoms with Crippen molar-refractivity contribution in [3.63, 3.8) is 0 Å². The molecule has 6 nitrogen and oxygen atoms in total. The maximum Gasteiger partial charge on any atom is 0.320 e. The third kappa shape index (κ3) is 2.74. The van der Waals surface area contributed by atoms with E-state index in [4.69, 9.17) is 10.8 Å². The first-order valence-corrected chi connectivity index (χ1v) is 4.33. The highest BCUT2D eigenvalue weighted by atomic mass is 19.1. The van der Waals surface area contributed by atoms with Crippen LogP contribution in [0.2, 0.25) is 0 Å². The Balaban J connectivity index is 3.04. The van der Waals surface area contributed by atoms with E-state index < -0.39 is 28.4 Å². The third-order valence-corrected chi connectivity index (χ3v) is 2.00. The summed E-state index contributed by atoms with van der Waals surface area (Å²) in [5.41, 5.74) is 4.88. The van der Waals surface area contributed by atoms with Crippen LogP contribution in [0.25, 0.3) is 0 Å². The second kappa shape index (κ2) is 4.67. The Morgan fingerprint density at radius 1 is 1.62 bits per heavy atom. The minimum atomic E-state index is -1.27. The van der Waals surface area contributed by atoms with Gasteiger partial charge in [0.1, 0.15) is 11.9 Å². The molecule has 1 unspecified atom stereocenters. The fourth-order valence-electron chi connectivity index (χ4n) is 1.20. The highest BCUT2D eigenvalue weighted by Gasteiger charge is 2.20. The van der Waals surface area contributed by atoms with Crippen LogP contribution in [0.3, 0.4) is 0 Å². The van der Waals surface area contributed by atoms with E-state index >= 15 is 0 Å². The van der Waals surface area contributed by atoms with E-state index in [1.807, 2.05) is 0 Å². The van der Waals surface area contributed by atoms with Crippen LogP contribution in [-0.4, -0.2) is 22.0 Å². The van der Waals surface area contributed by atoms with Gasteiger partial charge in [0, 0.05) is 12.0 Å². The predicted octanol–water partition coefficient (Wildman–Crippen LogP) is 0.688. The first-order valence-electron chi connectivity index (χ1n) is 4.33. The molecule has 0 fully saturated rings. The number of nitrogens with two attached hydrogens (primary N) is 1. The van der Waals surface area contributed by atoms with Gasteiger partial charge in [0.15, 0.2) is 0 Å². The molecule has 0 spiro atoms. The van der Waals surface area contributed by atoms with Crippen LogP contribution in [0, 0.1) is 15.9 Å². The summed E-state index contributed by atoms with van der Waals surface area (Å²) in [4.78, 5) is 20.3. The standard InChI is InChI=1S/C9H9FN2O4/c10-6-2-1-5(3-7(11)9(13)14)8(4-6)12(15)16/h1-2,4,7H,3,11H2,(H,13,14). The zero-order chi connectivity index (χ0) is 12.3. The molecule has 0 amide bonds. The van der Waals surface area contributed by atoms with E-state index in [0.29, 0.717) is 0 Å². The number of hydrogen-bond donors (Lipinski definition) is 2. The Morgan fingerprint density at radius 3 is 2.75 bits per heavy atom. The van der Waals surface area contributed by atoms with Gasteiger partial charge >= 0.3 is 5.97 Å². The van der Waals surface area contributed by atoms with Gasteiger partial charge in [-0.25, -0.2) is 4.39 Å². The Kier molecular flexibility index (Phi) is 3.51. The molecule has 0 bridgehead atoms. The van der Waals surface area contributed by atoms with Crippen LogP contribution in [0.4, 0.5) is 10.1 Å². The van der Waals surface area contributed by atoms with E-state index in [-0.39, 0.29) is 12.0 Å². The van der Waals surface area contributed by atoms with Crippen molar-refractivity contribution in [2.75, 3.05) is 0 Å². The van der Waals surface area contributed by atoms with Crippen LogP contribution in [0.1, 0.15) is 5.56 Å². The van der Waals surface area contributed by atoms with Crippen LogP contribution < -0.4 is 5.73 Å². The van der Waals surface area contributed by atoms with Gasteiger partial charge in [-0.1, -0.05) is 0 Å². The zero-order valence-corrected chi connectivity index (χ0v) is 8.09. The summed E-state index contributed by atoms with van der Waals surface area (Å²) in [5, 5.41) is 19.1. The first kappa shape index (κ1) is 12.1. The lowest BCUT2D eigenvalue weighted by Crippen LogP contribution is -2.32. The van der Waals surface area contributed by atoms with Crippen molar-refractivity contribution in [3.05, 3.63) is 39.7 Å². The average Bonchev–Trinajstić information content (AvgIpc) is 2.20. The maximum atomic E-state index is 12.8. The fourth-order valence-corrected chi connectivity index (χ4v) is 1.20. The minimum absolute atomic E-state index is 0.0984. The van der Waals surface area contributed by atoms with Crippen LogP contribution in [0.15, 0.2) is 18.2 Å². The molecule has 0 heterocycles. The Hall–Kier alpha value is -2.02. The van der Waals surface area contributed by atoms with Crippen molar-refractivity contribution in [1.29, 1.82) is 0 Å². The number of hydrogen-bond acceptors (Lipinski definition) is 4. The van der Waals surface area contributed by atoms with Gasteiger partial charge in [-0.05, 0) is 12.1 Å². The molecule has 7 heteroatoms. The zero-order valence-electron chi connectivity index (χ0n) is 8.09. The lowest BCUT2D eigenvalue weighted by molar-refractivity contribution is -0.385. The molecule has 3 N–H and O–H groups in total. The quantitative estimate of drug-likeness (QED) is 0.582. The number of nitro benzene ring substituents is 1. The van der Waals surface area contributed by atoms with Crippen molar-refractivity contribution in [2.24, 2.45) is 5.73 Å². The largest absolute Gasteiger partial charge is 0.480 e. The van der Waals surface area contributed by atoms with Crippen LogP contribution in [0.5, 0.6) is 0 Å². The smallest absolute Gasteiger partial charge is 0.320 e. The predicted molar refractivity (Wildman–Crippen MR) is 52.4 cm³/mol. The highest BCUT2D eigenvalue weighted by molar-refractivity contribution is 5.73. The van der Waals surface area contributed by atoms with E-state index in [2.05, 4.69) is 0 Å². The summed E-state index contributed by atoms with van der Waals surface area (Å²) in [6.45, 7) is 0. The van der Waals surface area contributed by atoms with E-state index in [1.54, 1.807) is 0 Å². The van der Waals surface area contributed by atoms with Crippen molar-refractivity contribution in [2.45, 2.75) is 12.5 Å². The molecule has 1 aromatic rings. The summed E-state index contributed by atoms with van der Waals surface area (Å²) >= 11 is 0. The lowest BCUT2D eigenvalue weighted by atomic mass is 10.0. The van der Waals surface area contributed by atoms with Crippen LogP contribution in [-0.2, 0) is 11.2 Å². The molecule has 86 valence electrons. The van der Waals surface area contributed by atoms with Gasteiger partial charge in [0.05, 0.1) is 11.0 Å². The number of aliphatic carboxylic acids is 1. The summed E-state index contributed by atoms with van der Waals surface area (Å²) < 4.78 is 12.8. The molecule has 1 aromatic carbocycles. The van der Waals surface area contributed by atoms with Gasteiger partial charge in [-0.3, -0.25) is 14.9 Å². The van der Waals surface area contributed by atoms with Gasteiger partial charge in [0.2, 0.25) is 0 Å². The van der Waals surface area contributed by atoms with Crippen LogP contribution >= 0.6 is 0 Å². The minimum Gasteiger partial charge on any atom is -0.480 e. The van der Waals surface area contributed by atoms with Gasteiger partial charge in [-0.15, -0.1) is 0 Å². The number of benzene rings is 1. The molecule has 0 aliphatic rings. The Bertz CT molecular complexity index is 436. The molecule has 16 heavy (non-hydrogen) atoms. The van der Waals surface area contributed by atoms with Crippen molar-refractivity contribution in [3.8, 4) is 0 Å². The number of carboxylic acid groups (broad SMARTS) is 1. The molecule has 1 rings (SSSR count). The number of carboxylic acids is 1. The summed E-state index contributed by atoms with van der Waals surface area (Å²) in [5.74, 6) is -2.02. The Labute approximate surface area is 89.6 Å². The fraction of sp³-hybridized carbons (Fsp3) is 0.222. The molecule has 0 saturated carbocycles. The molecule has 0 aromatic heterocycles. The summed E-state index contributed by atoms with van der Waals surface area (Å²) in [6.07, 6.45) is -0.216. The van der Waals surface area contributed by atoms with E-state index in [0.717, 1.165) is 18.2 Å². The molecule has 0 radical (unpaired) electrons. The van der Waals surface area contributed by atoms with E-state index in [1.165, 1.54) is 0 Å². The molecule has 1 atom stereocenters. The molecular formula is C9H9FN2O4. The number of nitro groups is 1. The molecular weight excluding hydrogens is 219 g/mol. The monoisotopic (exact) mass is 228 g/mol. The third-order valence-electron chi connectivity index (χ3n) is 2.00. The van der Waals surface area contributed by atoms with Gasteiger partial charge < -0.3 is 10.8 Å². The van der Waals surface area contributed by atoms with Gasteiger partial charge in [-0.2, -0.15) is 0 Å². The normalized spacial score (nSPS) is 12.1. The molecule has 0 aliphatic heterocycles. The van der Waals surface area contributed by atoms with Gasteiger partial charge in [0.25, 0.3) is 5.69 Å². The number of rotatable bonds is 4. The molecule has 0 saturated heterocycles. The van der Waals surface area contributed by atoms with Crippen molar-refractivity contribution in [1.82, 2.24) is 0 Å². The first-order chi connectivity index (χ1) is 7.41. The topological polar surface area (TPSA) is 106 Å². The number of carbonyl (C=O) groups is 1. The summed E-state index contributed by atoms with van der Waals surface area (Å²) in [6, 6.07) is 1.68. The highest BCUT2D eigenvalue weighted by Crippen LogP contribution is 2.20. The maximum absolute atomic E-state index is 12.8. The number of halogens is 1. The van der Waals surface area contributed by atoms with Crippen molar-refractivity contribution >= 4 is 11.7 Å². The van der Waals surface area contributed by atoms with Crippen molar-refractivity contribution < 1.29 is 19.2 Å². The van der Waals surface area contributed by atoms with E-state index in [9.17, 15) is 19.3 Å². The second-order valence-electron chi connectivity index (χ2n) is 3.18. The SMILES string of the molecule is NC(Cc1ccc(F)cc1[N+](=O)[O-])C(=O)O. The average molecular weight is 228 g/mol. The summed E-state index contributed by atoms with van der Waals surface area (Å²) in [7, 11) is 0. The number of nitrogens with zero attached hydrogens (tertiary/aromatic N) is 1. The Morgan fingerprint density at radius 2 is 2.25 bits per heavy atom.